The Hall–Kier alpha value is -1.11. The summed E-state index contributed by atoms with van der Waals surface area (Å²) in [7, 11) is -1.43. The summed E-state index contributed by atoms with van der Waals surface area (Å²) in [5.41, 5.74) is 1.35. The monoisotopic (exact) mass is 238 g/mol. The molecule has 17 heavy (non-hydrogen) atoms. The zero-order valence-electron chi connectivity index (χ0n) is 10.4. The van der Waals surface area contributed by atoms with E-state index in [0.717, 1.165) is 24.5 Å². The highest BCUT2D eigenvalue weighted by Gasteiger charge is 2.15. The van der Waals surface area contributed by atoms with Crippen LogP contribution in [0.1, 0.15) is 13.8 Å². The fourth-order valence-electron chi connectivity index (χ4n) is 1.73. The summed E-state index contributed by atoms with van der Waals surface area (Å²) < 4.78 is 5.27. The van der Waals surface area contributed by atoms with Crippen LogP contribution in [-0.4, -0.2) is 55.1 Å². The van der Waals surface area contributed by atoms with E-state index in [1.807, 2.05) is 6.92 Å². The van der Waals surface area contributed by atoms with Gasteiger partial charge in [0, 0.05) is 13.1 Å². The molecule has 1 heterocycles. The molecule has 0 aromatic heterocycles. The molecule has 1 rings (SSSR count). The highest BCUT2D eigenvalue weighted by Crippen LogP contribution is 2.16. The standard InChI is InChI=1S/C11H19BN2O3/c1-9(8-10(2)12(15)16)11(13-3)14-4-6-17-7-5-14/h8,15-16H,3-7H2,1-2H3/b10-8+,11-9+. The van der Waals surface area contributed by atoms with E-state index in [1.165, 1.54) is 0 Å². The van der Waals surface area contributed by atoms with Crippen molar-refractivity contribution in [1.82, 2.24) is 4.90 Å². The van der Waals surface area contributed by atoms with E-state index in [-0.39, 0.29) is 0 Å². The van der Waals surface area contributed by atoms with Gasteiger partial charge in [0.15, 0.2) is 0 Å². The van der Waals surface area contributed by atoms with Gasteiger partial charge in [0.1, 0.15) is 5.82 Å². The van der Waals surface area contributed by atoms with Crippen LogP contribution in [0.15, 0.2) is 27.9 Å². The maximum Gasteiger partial charge on any atom is 0.483 e. The maximum absolute atomic E-state index is 9.02. The van der Waals surface area contributed by atoms with Gasteiger partial charge in [-0.1, -0.05) is 6.08 Å². The molecule has 1 aliphatic rings. The average molecular weight is 238 g/mol. The number of allylic oxidation sites excluding steroid dienone is 3. The molecule has 1 aliphatic heterocycles. The first-order chi connectivity index (χ1) is 8.06. The van der Waals surface area contributed by atoms with Crippen molar-refractivity contribution < 1.29 is 14.8 Å². The minimum absolute atomic E-state index is 0.483. The number of hydrogen-bond donors (Lipinski definition) is 2. The van der Waals surface area contributed by atoms with Crippen LogP contribution in [-0.2, 0) is 4.74 Å². The van der Waals surface area contributed by atoms with Crippen LogP contribution in [0.3, 0.4) is 0 Å². The summed E-state index contributed by atoms with van der Waals surface area (Å²) in [6.45, 7) is 10.0. The van der Waals surface area contributed by atoms with Gasteiger partial charge >= 0.3 is 7.12 Å². The van der Waals surface area contributed by atoms with Crippen LogP contribution in [0.5, 0.6) is 0 Å². The van der Waals surface area contributed by atoms with Crippen molar-refractivity contribution in [2.75, 3.05) is 26.3 Å². The lowest BCUT2D eigenvalue weighted by Gasteiger charge is -2.29. The predicted octanol–water partition coefficient (Wildman–Crippen LogP) is 0.209. The van der Waals surface area contributed by atoms with Gasteiger partial charge in [-0.05, 0) is 31.6 Å². The first kappa shape index (κ1) is 14.0. The number of rotatable bonds is 4. The SMILES string of the molecule is C=N/C(=C(C)\C=C(/C)B(O)O)N1CCOCC1. The van der Waals surface area contributed by atoms with Gasteiger partial charge in [0.05, 0.1) is 13.2 Å². The summed E-state index contributed by atoms with van der Waals surface area (Å²) in [6, 6.07) is 0. The molecule has 0 atom stereocenters. The second-order valence-corrected chi connectivity index (χ2v) is 4.03. The van der Waals surface area contributed by atoms with Gasteiger partial charge < -0.3 is 19.7 Å². The van der Waals surface area contributed by atoms with E-state index in [0.29, 0.717) is 18.7 Å². The first-order valence-corrected chi connectivity index (χ1v) is 5.61. The van der Waals surface area contributed by atoms with Crippen molar-refractivity contribution in [3.05, 3.63) is 22.9 Å². The second kappa shape index (κ2) is 6.59. The van der Waals surface area contributed by atoms with E-state index in [4.69, 9.17) is 14.8 Å². The number of ether oxygens (including phenoxy) is 1. The van der Waals surface area contributed by atoms with Crippen LogP contribution >= 0.6 is 0 Å². The Morgan fingerprint density at radius 3 is 2.41 bits per heavy atom. The molecule has 0 radical (unpaired) electrons. The van der Waals surface area contributed by atoms with Crippen LogP contribution in [0.2, 0.25) is 0 Å². The topological polar surface area (TPSA) is 65.3 Å². The Labute approximate surface area is 102 Å². The lowest BCUT2D eigenvalue weighted by atomic mass is 9.80. The predicted molar refractivity (Wildman–Crippen MR) is 68.6 cm³/mol. The summed E-state index contributed by atoms with van der Waals surface area (Å²) in [6.07, 6.45) is 1.71. The molecule has 2 N–H and O–H groups in total. The summed E-state index contributed by atoms with van der Waals surface area (Å²) in [4.78, 5) is 6.10. The number of aliphatic imine (C=N–C) groups is 1. The minimum atomic E-state index is -1.43. The van der Waals surface area contributed by atoms with Gasteiger partial charge in [-0.25, -0.2) is 4.99 Å². The van der Waals surface area contributed by atoms with Gasteiger partial charge in [0.2, 0.25) is 0 Å². The molecular weight excluding hydrogens is 219 g/mol. The van der Waals surface area contributed by atoms with Gasteiger partial charge in [-0.2, -0.15) is 0 Å². The van der Waals surface area contributed by atoms with Crippen LogP contribution < -0.4 is 0 Å². The van der Waals surface area contributed by atoms with Crippen molar-refractivity contribution in [3.8, 4) is 0 Å². The van der Waals surface area contributed by atoms with E-state index in [2.05, 4.69) is 16.6 Å². The van der Waals surface area contributed by atoms with E-state index >= 15 is 0 Å². The smallest absolute Gasteiger partial charge is 0.423 e. The highest BCUT2D eigenvalue weighted by molar-refractivity contribution is 6.50. The molecule has 0 spiro atoms. The molecule has 0 bridgehead atoms. The molecule has 5 nitrogen and oxygen atoms in total. The lowest BCUT2D eigenvalue weighted by Crippen LogP contribution is -2.35. The zero-order chi connectivity index (χ0) is 12.8. The Kier molecular flexibility index (Phi) is 5.41. The molecule has 0 aromatic rings. The van der Waals surface area contributed by atoms with Crippen LogP contribution in [0, 0.1) is 0 Å². The fraction of sp³-hybridized carbons (Fsp3) is 0.545. The Balaban J connectivity index is 2.89. The van der Waals surface area contributed by atoms with Crippen molar-refractivity contribution in [3.63, 3.8) is 0 Å². The molecule has 6 heteroatoms. The van der Waals surface area contributed by atoms with Crippen molar-refractivity contribution in [1.29, 1.82) is 0 Å². The lowest BCUT2D eigenvalue weighted by molar-refractivity contribution is 0.0528. The molecule has 94 valence electrons. The first-order valence-electron chi connectivity index (χ1n) is 5.61. The number of morpholine rings is 1. The van der Waals surface area contributed by atoms with Crippen molar-refractivity contribution >= 4 is 13.8 Å². The molecule has 0 saturated carbocycles. The Morgan fingerprint density at radius 1 is 1.35 bits per heavy atom. The van der Waals surface area contributed by atoms with Gasteiger partial charge in [-0.3, -0.25) is 0 Å². The molecule has 0 aliphatic carbocycles. The molecule has 0 amide bonds. The Bertz CT molecular complexity index is 334. The normalized spacial score (nSPS) is 18.8. The average Bonchev–Trinajstić information content (AvgIpc) is 2.31. The molecule has 1 saturated heterocycles. The minimum Gasteiger partial charge on any atom is -0.423 e. The zero-order valence-corrected chi connectivity index (χ0v) is 10.4. The van der Waals surface area contributed by atoms with E-state index in [9.17, 15) is 0 Å². The maximum atomic E-state index is 9.02. The Morgan fingerprint density at radius 2 is 1.94 bits per heavy atom. The quantitative estimate of drug-likeness (QED) is 0.417. The third kappa shape index (κ3) is 4.00. The third-order valence-corrected chi connectivity index (χ3v) is 2.66. The van der Waals surface area contributed by atoms with Crippen LogP contribution in [0.25, 0.3) is 0 Å². The van der Waals surface area contributed by atoms with Crippen molar-refractivity contribution in [2.24, 2.45) is 4.99 Å². The third-order valence-electron chi connectivity index (χ3n) is 2.66. The fourth-order valence-corrected chi connectivity index (χ4v) is 1.73. The van der Waals surface area contributed by atoms with Crippen LogP contribution in [0.4, 0.5) is 0 Å². The van der Waals surface area contributed by atoms with Gasteiger partial charge in [-0.15, -0.1) is 0 Å². The van der Waals surface area contributed by atoms with E-state index in [1.54, 1.807) is 13.0 Å². The summed E-state index contributed by atoms with van der Waals surface area (Å²) in [5.74, 6) is 0.772. The van der Waals surface area contributed by atoms with E-state index < -0.39 is 7.12 Å². The second-order valence-electron chi connectivity index (χ2n) is 4.03. The summed E-state index contributed by atoms with van der Waals surface area (Å²) in [5, 5.41) is 18.0. The molecule has 0 unspecified atom stereocenters. The van der Waals surface area contributed by atoms with Crippen molar-refractivity contribution in [2.45, 2.75) is 13.8 Å². The molecule has 0 aromatic carbocycles. The largest absolute Gasteiger partial charge is 0.483 e. The molecular formula is C11H19BN2O3. The summed E-state index contributed by atoms with van der Waals surface area (Å²) >= 11 is 0. The number of hydrogen-bond acceptors (Lipinski definition) is 5. The number of nitrogens with zero attached hydrogens (tertiary/aromatic N) is 2. The van der Waals surface area contributed by atoms with Gasteiger partial charge in [0.25, 0.3) is 0 Å². The molecule has 1 fully saturated rings. The highest BCUT2D eigenvalue weighted by atomic mass is 16.5.